The zero-order valence-corrected chi connectivity index (χ0v) is 11.8. The number of likely N-dealkylation sites (tertiary alicyclic amines) is 1. The third-order valence-electron chi connectivity index (χ3n) is 4.40. The van der Waals surface area contributed by atoms with E-state index >= 15 is 0 Å². The minimum Gasteiger partial charge on any atom is -0.497 e. The second-order valence-corrected chi connectivity index (χ2v) is 5.76. The Hall–Kier alpha value is -1.75. The van der Waals surface area contributed by atoms with Crippen LogP contribution in [0.15, 0.2) is 18.2 Å². The van der Waals surface area contributed by atoms with Crippen LogP contribution in [-0.2, 0) is 4.79 Å². The van der Waals surface area contributed by atoms with E-state index in [-0.39, 0.29) is 5.91 Å². The summed E-state index contributed by atoms with van der Waals surface area (Å²) in [7, 11) is 1.59. The average Bonchev–Trinajstić information content (AvgIpc) is 3.03. The van der Waals surface area contributed by atoms with Gasteiger partial charge in [0.1, 0.15) is 5.75 Å². The number of rotatable bonds is 4. The normalized spacial score (nSPS) is 24.9. The third-order valence-corrected chi connectivity index (χ3v) is 4.40. The van der Waals surface area contributed by atoms with Gasteiger partial charge in [0, 0.05) is 18.7 Å². The van der Waals surface area contributed by atoms with Crippen molar-refractivity contribution in [1.29, 1.82) is 0 Å². The predicted molar refractivity (Wildman–Crippen MR) is 78.7 cm³/mol. The fourth-order valence-corrected chi connectivity index (χ4v) is 3.38. The van der Waals surface area contributed by atoms with Crippen molar-refractivity contribution in [3.05, 3.63) is 18.2 Å². The molecule has 1 saturated carbocycles. The molecule has 2 unspecified atom stereocenters. The van der Waals surface area contributed by atoms with Crippen molar-refractivity contribution in [2.24, 2.45) is 5.92 Å². The van der Waals surface area contributed by atoms with Crippen molar-refractivity contribution in [3.63, 3.8) is 0 Å². The Labute approximate surface area is 119 Å². The van der Waals surface area contributed by atoms with Gasteiger partial charge in [-0.1, -0.05) is 0 Å². The van der Waals surface area contributed by atoms with Gasteiger partial charge in [-0.25, -0.2) is 0 Å². The van der Waals surface area contributed by atoms with Crippen molar-refractivity contribution in [2.45, 2.75) is 25.3 Å². The van der Waals surface area contributed by atoms with Gasteiger partial charge in [0.15, 0.2) is 0 Å². The van der Waals surface area contributed by atoms with E-state index in [9.17, 15) is 4.79 Å². The van der Waals surface area contributed by atoms with Gasteiger partial charge < -0.3 is 15.8 Å². The molecule has 2 bridgehead atoms. The number of methoxy groups -OCH3 is 1. The second-order valence-electron chi connectivity index (χ2n) is 5.76. The molecule has 0 radical (unpaired) electrons. The number of nitrogen functional groups attached to an aromatic ring is 1. The van der Waals surface area contributed by atoms with Gasteiger partial charge in [0.2, 0.25) is 5.91 Å². The van der Waals surface area contributed by atoms with Crippen molar-refractivity contribution in [1.82, 2.24) is 4.90 Å². The van der Waals surface area contributed by atoms with Crippen LogP contribution in [0.1, 0.15) is 19.3 Å². The second kappa shape index (κ2) is 5.32. The Morgan fingerprint density at radius 1 is 1.50 bits per heavy atom. The van der Waals surface area contributed by atoms with Crippen molar-refractivity contribution in [3.8, 4) is 5.75 Å². The number of ether oxygens (including phenoxy) is 1. The van der Waals surface area contributed by atoms with Crippen LogP contribution < -0.4 is 15.8 Å². The van der Waals surface area contributed by atoms with Crippen LogP contribution in [0, 0.1) is 5.92 Å². The molecule has 2 fully saturated rings. The smallest absolute Gasteiger partial charge is 0.238 e. The molecular formula is C15H21N3O2. The van der Waals surface area contributed by atoms with Crippen LogP contribution in [-0.4, -0.2) is 37.0 Å². The monoisotopic (exact) mass is 275 g/mol. The highest BCUT2D eigenvalue weighted by Crippen LogP contribution is 2.37. The SMILES string of the molecule is COc1ccc(NC(=O)CN2CC3CCC2C3)c(N)c1. The maximum absolute atomic E-state index is 12.1. The molecule has 3 N–H and O–H groups in total. The summed E-state index contributed by atoms with van der Waals surface area (Å²) < 4.78 is 5.10. The van der Waals surface area contributed by atoms with E-state index in [2.05, 4.69) is 10.2 Å². The van der Waals surface area contributed by atoms with E-state index in [0.717, 1.165) is 12.5 Å². The molecule has 1 aliphatic carbocycles. The van der Waals surface area contributed by atoms with Crippen LogP contribution in [0.25, 0.3) is 0 Å². The largest absolute Gasteiger partial charge is 0.497 e. The third kappa shape index (κ3) is 2.58. The molecule has 20 heavy (non-hydrogen) atoms. The molecule has 1 aromatic rings. The number of amides is 1. The average molecular weight is 275 g/mol. The molecule has 0 spiro atoms. The number of piperidine rings is 1. The van der Waals surface area contributed by atoms with Crippen molar-refractivity contribution in [2.75, 3.05) is 31.2 Å². The highest BCUT2D eigenvalue weighted by molar-refractivity contribution is 5.95. The Kier molecular flexibility index (Phi) is 3.53. The standard InChI is InChI=1S/C15H21N3O2/c1-20-12-4-5-14(13(16)7-12)17-15(19)9-18-8-10-2-3-11(18)6-10/h4-5,7,10-11H,2-3,6,8-9,16H2,1H3,(H,17,19). The fourth-order valence-electron chi connectivity index (χ4n) is 3.38. The summed E-state index contributed by atoms with van der Waals surface area (Å²) in [5.74, 6) is 1.51. The molecule has 2 atom stereocenters. The summed E-state index contributed by atoms with van der Waals surface area (Å²) in [6, 6.07) is 5.90. The van der Waals surface area contributed by atoms with E-state index in [4.69, 9.17) is 10.5 Å². The van der Waals surface area contributed by atoms with Crippen LogP contribution >= 0.6 is 0 Å². The maximum Gasteiger partial charge on any atom is 0.238 e. The van der Waals surface area contributed by atoms with E-state index in [1.165, 1.54) is 19.3 Å². The zero-order valence-electron chi connectivity index (χ0n) is 11.8. The lowest BCUT2D eigenvalue weighted by atomic mass is 10.1. The van der Waals surface area contributed by atoms with E-state index in [1.807, 2.05) is 0 Å². The molecule has 108 valence electrons. The molecule has 2 aliphatic rings. The zero-order chi connectivity index (χ0) is 14.1. The molecule has 0 aromatic heterocycles. The number of carbonyl (C=O) groups is 1. The van der Waals surface area contributed by atoms with E-state index in [1.54, 1.807) is 25.3 Å². The molecule has 3 rings (SSSR count). The number of hydrogen-bond donors (Lipinski definition) is 2. The van der Waals surface area contributed by atoms with E-state index < -0.39 is 0 Å². The van der Waals surface area contributed by atoms with E-state index in [0.29, 0.717) is 29.7 Å². The van der Waals surface area contributed by atoms with Gasteiger partial charge in [-0.15, -0.1) is 0 Å². The lowest BCUT2D eigenvalue weighted by molar-refractivity contribution is -0.117. The van der Waals surface area contributed by atoms with Crippen molar-refractivity contribution >= 4 is 17.3 Å². The highest BCUT2D eigenvalue weighted by atomic mass is 16.5. The van der Waals surface area contributed by atoms with Gasteiger partial charge >= 0.3 is 0 Å². The summed E-state index contributed by atoms with van der Waals surface area (Å²) in [5, 5.41) is 2.89. The number of benzene rings is 1. The fraction of sp³-hybridized carbons (Fsp3) is 0.533. The van der Waals surface area contributed by atoms with Crippen LogP contribution in [0.3, 0.4) is 0 Å². The molecule has 1 aliphatic heterocycles. The summed E-state index contributed by atoms with van der Waals surface area (Å²) >= 11 is 0. The van der Waals surface area contributed by atoms with Gasteiger partial charge in [0.05, 0.1) is 25.0 Å². The number of carbonyl (C=O) groups excluding carboxylic acids is 1. The Bertz CT molecular complexity index is 518. The first kappa shape index (κ1) is 13.2. The summed E-state index contributed by atoms with van der Waals surface area (Å²) in [6.45, 7) is 1.53. The summed E-state index contributed by atoms with van der Waals surface area (Å²) in [5.41, 5.74) is 7.09. The first-order valence-electron chi connectivity index (χ1n) is 7.13. The summed E-state index contributed by atoms with van der Waals surface area (Å²) in [6.07, 6.45) is 3.83. The molecule has 1 saturated heterocycles. The van der Waals surface area contributed by atoms with Crippen molar-refractivity contribution < 1.29 is 9.53 Å². The Morgan fingerprint density at radius 3 is 2.95 bits per heavy atom. The Morgan fingerprint density at radius 2 is 2.35 bits per heavy atom. The molecule has 1 heterocycles. The predicted octanol–water partition coefficient (Wildman–Crippen LogP) is 1.70. The van der Waals surface area contributed by atoms with Gasteiger partial charge in [-0.05, 0) is 37.3 Å². The molecule has 1 amide bonds. The first-order valence-corrected chi connectivity index (χ1v) is 7.13. The Balaban J connectivity index is 1.59. The highest BCUT2D eigenvalue weighted by Gasteiger charge is 2.38. The lowest BCUT2D eigenvalue weighted by Gasteiger charge is -2.26. The van der Waals surface area contributed by atoms with Gasteiger partial charge in [0.25, 0.3) is 0 Å². The van der Waals surface area contributed by atoms with Gasteiger partial charge in [-0.3, -0.25) is 9.69 Å². The van der Waals surface area contributed by atoms with Crippen LogP contribution in [0.5, 0.6) is 5.75 Å². The maximum atomic E-state index is 12.1. The number of fused-ring (bicyclic) bond motifs is 2. The number of nitrogens with one attached hydrogen (secondary N) is 1. The summed E-state index contributed by atoms with van der Waals surface area (Å²) in [4.78, 5) is 14.4. The van der Waals surface area contributed by atoms with Gasteiger partial charge in [-0.2, -0.15) is 0 Å². The topological polar surface area (TPSA) is 67.6 Å². The molecular weight excluding hydrogens is 254 g/mol. The minimum atomic E-state index is 0.00872. The number of hydrogen-bond acceptors (Lipinski definition) is 4. The molecule has 5 nitrogen and oxygen atoms in total. The number of nitrogens with zero attached hydrogens (tertiary/aromatic N) is 1. The first-order chi connectivity index (χ1) is 9.65. The minimum absolute atomic E-state index is 0.00872. The van der Waals surface area contributed by atoms with Crippen LogP contribution in [0.2, 0.25) is 0 Å². The molecule has 1 aromatic carbocycles. The molecule has 5 heteroatoms. The quantitative estimate of drug-likeness (QED) is 0.821. The number of nitrogens with two attached hydrogens (primary N) is 1. The lowest BCUT2D eigenvalue weighted by Crippen LogP contribution is -2.38. The number of anilines is 2. The van der Waals surface area contributed by atoms with Crippen LogP contribution in [0.4, 0.5) is 11.4 Å².